The van der Waals surface area contributed by atoms with Gasteiger partial charge in [0.25, 0.3) is 0 Å². The van der Waals surface area contributed by atoms with E-state index in [0.29, 0.717) is 6.54 Å². The van der Waals surface area contributed by atoms with Crippen LogP contribution in [0.3, 0.4) is 0 Å². The predicted molar refractivity (Wildman–Crippen MR) is 80.3 cm³/mol. The average molecular weight is 310 g/mol. The topological polar surface area (TPSA) is 59.1 Å². The van der Waals surface area contributed by atoms with Crippen molar-refractivity contribution in [2.75, 3.05) is 46.4 Å². The zero-order valence-electron chi connectivity index (χ0n) is 13.4. The number of amides is 1. The summed E-state index contributed by atoms with van der Waals surface area (Å²) in [5.74, 6) is -0.417. The van der Waals surface area contributed by atoms with E-state index >= 15 is 0 Å². The van der Waals surface area contributed by atoms with Gasteiger partial charge < -0.3 is 14.4 Å². The van der Waals surface area contributed by atoms with Gasteiger partial charge in [-0.05, 0) is 25.7 Å². The summed E-state index contributed by atoms with van der Waals surface area (Å²) < 4.78 is 10.9. The molecule has 1 saturated carbocycles. The Labute approximate surface area is 131 Å². The Morgan fingerprint density at radius 3 is 2.68 bits per heavy atom. The van der Waals surface area contributed by atoms with Crippen molar-refractivity contribution in [2.45, 2.75) is 37.7 Å². The van der Waals surface area contributed by atoms with Gasteiger partial charge in [-0.15, -0.1) is 0 Å². The Hall–Kier alpha value is -1.14. The third kappa shape index (κ3) is 3.13. The van der Waals surface area contributed by atoms with E-state index in [1.54, 1.807) is 4.90 Å². The third-order valence-electron chi connectivity index (χ3n) is 5.30. The molecule has 3 rings (SSSR count). The highest BCUT2D eigenvalue weighted by Gasteiger charge is 2.54. The molecule has 6 nitrogen and oxygen atoms in total. The zero-order valence-corrected chi connectivity index (χ0v) is 13.4. The second-order valence-corrected chi connectivity index (χ2v) is 6.72. The molecule has 124 valence electrons. The highest BCUT2D eigenvalue weighted by atomic mass is 16.6. The van der Waals surface area contributed by atoms with Gasteiger partial charge in [0.15, 0.2) is 0 Å². The van der Waals surface area contributed by atoms with Crippen LogP contribution < -0.4 is 0 Å². The van der Waals surface area contributed by atoms with Crippen LogP contribution in [0.15, 0.2) is 0 Å². The van der Waals surface area contributed by atoms with Crippen molar-refractivity contribution in [1.29, 1.82) is 0 Å². The fraction of sp³-hybridized carbons (Fsp3) is 0.875. The van der Waals surface area contributed by atoms with Crippen LogP contribution in [-0.2, 0) is 19.1 Å². The molecule has 2 heterocycles. The minimum Gasteiger partial charge on any atom is -0.458 e. The summed E-state index contributed by atoms with van der Waals surface area (Å²) in [5.41, 5.74) is -0.499. The molecule has 1 atom stereocenters. The molecular weight excluding hydrogens is 284 g/mol. The van der Waals surface area contributed by atoms with Gasteiger partial charge in [-0.1, -0.05) is 0 Å². The molecule has 0 aromatic carbocycles. The van der Waals surface area contributed by atoms with Crippen LogP contribution in [0.4, 0.5) is 0 Å². The monoisotopic (exact) mass is 310 g/mol. The van der Waals surface area contributed by atoms with E-state index in [0.717, 1.165) is 58.5 Å². The molecule has 1 amide bonds. The molecule has 0 aromatic heterocycles. The Morgan fingerprint density at radius 1 is 1.32 bits per heavy atom. The van der Waals surface area contributed by atoms with Crippen LogP contribution >= 0.6 is 0 Å². The minimum atomic E-state index is -0.499. The molecule has 2 aliphatic heterocycles. The van der Waals surface area contributed by atoms with Gasteiger partial charge in [0.1, 0.15) is 5.60 Å². The summed E-state index contributed by atoms with van der Waals surface area (Å²) >= 11 is 0. The Balaban J connectivity index is 1.56. The first-order valence-electron chi connectivity index (χ1n) is 8.38. The SMILES string of the molecule is CN(CCN1CCOCC1)C(=O)[C@@H]1CC(=O)OC12CCCC2. The largest absolute Gasteiger partial charge is 0.458 e. The van der Waals surface area contributed by atoms with Gasteiger partial charge in [0.2, 0.25) is 5.91 Å². The standard InChI is InChI=1S/C16H26N2O4/c1-17(6-7-18-8-10-21-11-9-18)15(20)13-12-14(19)22-16(13)4-2-3-5-16/h13H,2-12H2,1H3/t13-/m0/s1. The van der Waals surface area contributed by atoms with Gasteiger partial charge in [0.05, 0.1) is 25.6 Å². The maximum atomic E-state index is 12.8. The first-order chi connectivity index (χ1) is 10.6. The van der Waals surface area contributed by atoms with Gasteiger partial charge in [-0.2, -0.15) is 0 Å². The van der Waals surface area contributed by atoms with Gasteiger partial charge >= 0.3 is 5.97 Å². The lowest BCUT2D eigenvalue weighted by Crippen LogP contribution is -2.46. The molecule has 6 heteroatoms. The van der Waals surface area contributed by atoms with Crippen molar-refractivity contribution in [3.05, 3.63) is 0 Å². The van der Waals surface area contributed by atoms with E-state index in [4.69, 9.17) is 9.47 Å². The van der Waals surface area contributed by atoms with Crippen LogP contribution in [0, 0.1) is 5.92 Å². The van der Waals surface area contributed by atoms with E-state index < -0.39 is 5.60 Å². The molecular formula is C16H26N2O4. The highest BCUT2D eigenvalue weighted by Crippen LogP contribution is 2.46. The minimum absolute atomic E-state index is 0.0704. The van der Waals surface area contributed by atoms with E-state index in [9.17, 15) is 9.59 Å². The number of nitrogens with zero attached hydrogens (tertiary/aromatic N) is 2. The third-order valence-corrected chi connectivity index (χ3v) is 5.30. The quantitative estimate of drug-likeness (QED) is 0.714. The number of ether oxygens (including phenoxy) is 2. The first kappa shape index (κ1) is 15.7. The van der Waals surface area contributed by atoms with Crippen molar-refractivity contribution < 1.29 is 19.1 Å². The van der Waals surface area contributed by atoms with Crippen LogP contribution in [0.2, 0.25) is 0 Å². The summed E-state index contributed by atoms with van der Waals surface area (Å²) in [5, 5.41) is 0. The number of likely N-dealkylation sites (N-methyl/N-ethyl adjacent to an activating group) is 1. The molecule has 0 N–H and O–H groups in total. The molecule has 0 aromatic rings. The number of carbonyl (C=O) groups excluding carboxylic acids is 2. The second-order valence-electron chi connectivity index (χ2n) is 6.72. The first-order valence-corrected chi connectivity index (χ1v) is 8.38. The summed E-state index contributed by atoms with van der Waals surface area (Å²) in [7, 11) is 1.84. The predicted octanol–water partition coefficient (Wildman–Crippen LogP) is 0.653. The van der Waals surface area contributed by atoms with E-state index in [2.05, 4.69) is 4.90 Å². The maximum absolute atomic E-state index is 12.8. The van der Waals surface area contributed by atoms with Crippen LogP contribution in [0.25, 0.3) is 0 Å². The normalized spacial score (nSPS) is 28.0. The van der Waals surface area contributed by atoms with Crippen LogP contribution in [-0.4, -0.2) is 73.7 Å². The lowest BCUT2D eigenvalue weighted by atomic mass is 9.84. The van der Waals surface area contributed by atoms with Crippen molar-refractivity contribution in [2.24, 2.45) is 5.92 Å². The fourth-order valence-electron chi connectivity index (χ4n) is 3.92. The Kier molecular flexibility index (Phi) is 4.68. The maximum Gasteiger partial charge on any atom is 0.307 e. The zero-order chi connectivity index (χ0) is 15.6. The van der Waals surface area contributed by atoms with Gasteiger partial charge in [0, 0.05) is 33.2 Å². The van der Waals surface area contributed by atoms with E-state index in [-0.39, 0.29) is 24.2 Å². The van der Waals surface area contributed by atoms with E-state index in [1.807, 2.05) is 7.05 Å². The Bertz CT molecular complexity index is 428. The molecule has 0 unspecified atom stereocenters. The molecule has 3 aliphatic rings. The number of esters is 1. The number of morpholine rings is 1. The van der Waals surface area contributed by atoms with Crippen molar-refractivity contribution in [3.63, 3.8) is 0 Å². The number of carbonyl (C=O) groups is 2. The van der Waals surface area contributed by atoms with E-state index in [1.165, 1.54) is 0 Å². The molecule has 1 spiro atoms. The molecule has 0 radical (unpaired) electrons. The number of hydrogen-bond acceptors (Lipinski definition) is 5. The molecule has 1 aliphatic carbocycles. The average Bonchev–Trinajstić information content (AvgIpc) is 3.12. The summed E-state index contributed by atoms with van der Waals surface area (Å²) in [4.78, 5) is 28.6. The van der Waals surface area contributed by atoms with Crippen molar-refractivity contribution in [3.8, 4) is 0 Å². The van der Waals surface area contributed by atoms with Crippen molar-refractivity contribution in [1.82, 2.24) is 9.80 Å². The fourth-order valence-corrected chi connectivity index (χ4v) is 3.92. The lowest BCUT2D eigenvalue weighted by molar-refractivity contribution is -0.151. The molecule has 2 saturated heterocycles. The van der Waals surface area contributed by atoms with Gasteiger partial charge in [-0.25, -0.2) is 0 Å². The van der Waals surface area contributed by atoms with Crippen molar-refractivity contribution >= 4 is 11.9 Å². The van der Waals surface area contributed by atoms with Crippen LogP contribution in [0.5, 0.6) is 0 Å². The number of hydrogen-bond donors (Lipinski definition) is 0. The molecule has 0 bridgehead atoms. The van der Waals surface area contributed by atoms with Gasteiger partial charge in [-0.3, -0.25) is 14.5 Å². The highest BCUT2D eigenvalue weighted by molar-refractivity contribution is 5.87. The summed E-state index contributed by atoms with van der Waals surface area (Å²) in [6.45, 7) is 4.95. The summed E-state index contributed by atoms with van der Waals surface area (Å²) in [6, 6.07) is 0. The smallest absolute Gasteiger partial charge is 0.307 e. The molecule has 3 fully saturated rings. The lowest BCUT2D eigenvalue weighted by Gasteiger charge is -2.32. The Morgan fingerprint density at radius 2 is 2.00 bits per heavy atom. The number of rotatable bonds is 4. The van der Waals surface area contributed by atoms with Crippen LogP contribution in [0.1, 0.15) is 32.1 Å². The summed E-state index contributed by atoms with van der Waals surface area (Å²) in [6.07, 6.45) is 4.03. The second kappa shape index (κ2) is 6.54. The molecule has 22 heavy (non-hydrogen) atoms.